The first-order valence-electron chi connectivity index (χ1n) is 3.97. The minimum Gasteiger partial charge on any atom is -0.485 e. The fraction of sp³-hybridized carbons (Fsp3) is 0.500. The molecule has 0 aromatic carbocycles. The van der Waals surface area contributed by atoms with E-state index in [0.717, 1.165) is 0 Å². The van der Waals surface area contributed by atoms with Crippen LogP contribution in [0.15, 0.2) is 6.07 Å². The zero-order chi connectivity index (χ0) is 10.6. The Balaban J connectivity index is 2.70. The zero-order valence-electron chi connectivity index (χ0n) is 7.83. The van der Waals surface area contributed by atoms with Crippen LogP contribution in [-0.4, -0.2) is 30.0 Å². The third-order valence-corrected chi connectivity index (χ3v) is 1.86. The van der Waals surface area contributed by atoms with Crippen molar-refractivity contribution in [1.29, 1.82) is 0 Å². The summed E-state index contributed by atoms with van der Waals surface area (Å²) in [6.45, 7) is 2.32. The minimum absolute atomic E-state index is 0.113. The summed E-state index contributed by atoms with van der Waals surface area (Å²) in [6, 6.07) is 1.52. The SMILES string of the molecule is COCC(C)Oc1cc(Cl)nnc1Cl. The monoisotopic (exact) mass is 236 g/mol. The van der Waals surface area contributed by atoms with Crippen LogP contribution in [-0.2, 0) is 4.74 Å². The predicted octanol–water partition coefficient (Wildman–Crippen LogP) is 2.20. The second-order valence-electron chi connectivity index (χ2n) is 2.71. The van der Waals surface area contributed by atoms with Crippen molar-refractivity contribution in [3.63, 3.8) is 0 Å². The maximum Gasteiger partial charge on any atom is 0.193 e. The molecule has 0 N–H and O–H groups in total. The fourth-order valence-corrected chi connectivity index (χ4v) is 1.18. The second-order valence-corrected chi connectivity index (χ2v) is 3.45. The Hall–Kier alpha value is -0.580. The van der Waals surface area contributed by atoms with Gasteiger partial charge in [0.05, 0.1) is 6.61 Å². The highest BCUT2D eigenvalue weighted by Gasteiger charge is 2.09. The smallest absolute Gasteiger partial charge is 0.193 e. The van der Waals surface area contributed by atoms with Gasteiger partial charge in [0.25, 0.3) is 0 Å². The lowest BCUT2D eigenvalue weighted by Gasteiger charge is -2.13. The molecule has 0 saturated heterocycles. The Kier molecular flexibility index (Phi) is 4.38. The van der Waals surface area contributed by atoms with E-state index < -0.39 is 0 Å². The van der Waals surface area contributed by atoms with E-state index in [1.54, 1.807) is 7.11 Å². The highest BCUT2D eigenvalue weighted by atomic mass is 35.5. The van der Waals surface area contributed by atoms with Gasteiger partial charge in [-0.1, -0.05) is 23.2 Å². The summed E-state index contributed by atoms with van der Waals surface area (Å²) in [5.41, 5.74) is 0. The van der Waals surface area contributed by atoms with Gasteiger partial charge in [0, 0.05) is 13.2 Å². The molecule has 1 aromatic heterocycles. The van der Waals surface area contributed by atoms with Gasteiger partial charge in [0.1, 0.15) is 6.10 Å². The number of methoxy groups -OCH3 is 1. The van der Waals surface area contributed by atoms with Crippen molar-refractivity contribution in [1.82, 2.24) is 10.2 Å². The molecule has 0 fully saturated rings. The number of rotatable bonds is 4. The topological polar surface area (TPSA) is 44.2 Å². The lowest BCUT2D eigenvalue weighted by atomic mass is 10.4. The van der Waals surface area contributed by atoms with Crippen LogP contribution in [0.1, 0.15) is 6.92 Å². The van der Waals surface area contributed by atoms with Crippen molar-refractivity contribution >= 4 is 23.2 Å². The number of nitrogens with zero attached hydrogens (tertiary/aromatic N) is 2. The maximum atomic E-state index is 5.74. The van der Waals surface area contributed by atoms with Gasteiger partial charge >= 0.3 is 0 Å². The average Bonchev–Trinajstić information content (AvgIpc) is 2.12. The molecule has 0 aliphatic carbocycles. The molecule has 0 saturated carbocycles. The van der Waals surface area contributed by atoms with Crippen molar-refractivity contribution in [3.05, 3.63) is 16.4 Å². The van der Waals surface area contributed by atoms with E-state index in [0.29, 0.717) is 12.4 Å². The number of aromatic nitrogens is 2. The summed E-state index contributed by atoms with van der Waals surface area (Å²) in [5, 5.41) is 7.61. The molecule has 1 unspecified atom stereocenters. The summed E-state index contributed by atoms with van der Waals surface area (Å²) in [5.74, 6) is 0.413. The van der Waals surface area contributed by atoms with Crippen LogP contribution in [0.4, 0.5) is 0 Å². The largest absolute Gasteiger partial charge is 0.485 e. The molecule has 0 amide bonds. The molecule has 0 spiro atoms. The first kappa shape index (κ1) is 11.5. The molecule has 6 heteroatoms. The van der Waals surface area contributed by atoms with Crippen molar-refractivity contribution in [2.45, 2.75) is 13.0 Å². The Morgan fingerprint density at radius 3 is 2.79 bits per heavy atom. The Bertz CT molecular complexity index is 309. The zero-order valence-corrected chi connectivity index (χ0v) is 9.34. The normalized spacial score (nSPS) is 12.6. The summed E-state index contributed by atoms with van der Waals surface area (Å²) in [4.78, 5) is 0. The third-order valence-electron chi connectivity index (χ3n) is 1.42. The number of hydrogen-bond acceptors (Lipinski definition) is 4. The van der Waals surface area contributed by atoms with Crippen LogP contribution in [0.5, 0.6) is 5.75 Å². The highest BCUT2D eigenvalue weighted by molar-refractivity contribution is 6.32. The molecular formula is C8H10Cl2N2O2. The number of halogens is 2. The first-order valence-corrected chi connectivity index (χ1v) is 4.73. The predicted molar refractivity (Wildman–Crippen MR) is 54.0 cm³/mol. The second kappa shape index (κ2) is 5.34. The summed E-state index contributed by atoms with van der Waals surface area (Å²) in [7, 11) is 1.60. The van der Waals surface area contributed by atoms with Crippen LogP contribution >= 0.6 is 23.2 Å². The van der Waals surface area contributed by atoms with E-state index in [1.165, 1.54) is 6.07 Å². The molecule has 78 valence electrons. The van der Waals surface area contributed by atoms with Crippen molar-refractivity contribution in [2.75, 3.05) is 13.7 Å². The molecule has 1 aromatic rings. The molecule has 1 heterocycles. The van der Waals surface area contributed by atoms with Crippen molar-refractivity contribution < 1.29 is 9.47 Å². The Labute approximate surface area is 92.1 Å². The molecular weight excluding hydrogens is 227 g/mol. The standard InChI is InChI=1S/C8H10Cl2N2O2/c1-5(4-13-2)14-6-3-7(9)11-12-8(6)10/h3,5H,4H2,1-2H3. The molecule has 4 nitrogen and oxygen atoms in total. The Morgan fingerprint density at radius 1 is 1.43 bits per heavy atom. The molecule has 0 aliphatic rings. The number of ether oxygens (including phenoxy) is 2. The van der Waals surface area contributed by atoms with Gasteiger partial charge in [0.15, 0.2) is 16.1 Å². The third kappa shape index (κ3) is 3.29. The minimum atomic E-state index is -0.113. The lowest BCUT2D eigenvalue weighted by molar-refractivity contribution is 0.0918. The van der Waals surface area contributed by atoms with E-state index in [9.17, 15) is 0 Å². The maximum absolute atomic E-state index is 5.74. The highest BCUT2D eigenvalue weighted by Crippen LogP contribution is 2.24. The summed E-state index contributed by atoms with van der Waals surface area (Å²) >= 11 is 11.4. The van der Waals surface area contributed by atoms with Gasteiger partial charge in [-0.15, -0.1) is 10.2 Å². The van der Waals surface area contributed by atoms with Gasteiger partial charge in [-0.25, -0.2) is 0 Å². The van der Waals surface area contributed by atoms with Crippen LogP contribution < -0.4 is 4.74 Å². The molecule has 14 heavy (non-hydrogen) atoms. The summed E-state index contributed by atoms with van der Waals surface area (Å²) < 4.78 is 10.3. The van der Waals surface area contributed by atoms with E-state index in [-0.39, 0.29) is 16.4 Å². The molecule has 0 radical (unpaired) electrons. The molecule has 0 aliphatic heterocycles. The van der Waals surface area contributed by atoms with Crippen LogP contribution in [0.3, 0.4) is 0 Å². The van der Waals surface area contributed by atoms with Gasteiger partial charge in [0.2, 0.25) is 0 Å². The lowest BCUT2D eigenvalue weighted by Crippen LogP contribution is -2.18. The van der Waals surface area contributed by atoms with Gasteiger partial charge in [-0.3, -0.25) is 0 Å². The fourth-order valence-electron chi connectivity index (χ4n) is 0.906. The average molecular weight is 237 g/mol. The molecule has 1 rings (SSSR count). The molecule has 0 bridgehead atoms. The van der Waals surface area contributed by atoms with Crippen LogP contribution in [0, 0.1) is 0 Å². The van der Waals surface area contributed by atoms with Crippen molar-refractivity contribution in [2.24, 2.45) is 0 Å². The van der Waals surface area contributed by atoms with E-state index in [2.05, 4.69) is 10.2 Å². The van der Waals surface area contributed by atoms with Gasteiger partial charge < -0.3 is 9.47 Å². The number of hydrogen-bond donors (Lipinski definition) is 0. The van der Waals surface area contributed by atoms with E-state index in [4.69, 9.17) is 32.7 Å². The van der Waals surface area contributed by atoms with Crippen LogP contribution in [0.25, 0.3) is 0 Å². The van der Waals surface area contributed by atoms with E-state index in [1.807, 2.05) is 6.92 Å². The van der Waals surface area contributed by atoms with Crippen molar-refractivity contribution in [3.8, 4) is 5.75 Å². The Morgan fingerprint density at radius 2 is 2.14 bits per heavy atom. The van der Waals surface area contributed by atoms with Gasteiger partial charge in [-0.2, -0.15) is 0 Å². The molecule has 1 atom stereocenters. The summed E-state index contributed by atoms with van der Waals surface area (Å²) in [6.07, 6.45) is -0.113. The quantitative estimate of drug-likeness (QED) is 0.805. The van der Waals surface area contributed by atoms with Gasteiger partial charge in [-0.05, 0) is 6.92 Å². The first-order chi connectivity index (χ1) is 6.63. The van der Waals surface area contributed by atoms with Crippen LogP contribution in [0.2, 0.25) is 10.3 Å². The van der Waals surface area contributed by atoms with E-state index >= 15 is 0 Å².